The summed E-state index contributed by atoms with van der Waals surface area (Å²) in [6, 6.07) is 63.7. The van der Waals surface area contributed by atoms with Crippen molar-refractivity contribution in [1.82, 2.24) is 0 Å². The van der Waals surface area contributed by atoms with Gasteiger partial charge in [0.05, 0.1) is 0 Å². The third kappa shape index (κ3) is 7.80. The molecule has 0 atom stereocenters. The first-order chi connectivity index (χ1) is 22.8. The van der Waals surface area contributed by atoms with Crippen LogP contribution in [0.1, 0.15) is 11.1 Å². The quantitative estimate of drug-likeness (QED) is 0.0617. The van der Waals surface area contributed by atoms with Gasteiger partial charge in [0.15, 0.2) is 0 Å². The molecule has 6 aromatic rings. The van der Waals surface area contributed by atoms with Crippen LogP contribution in [0.4, 0.5) is 0 Å². The fraction of sp³-hybridized carbons (Fsp3) is 0.0476. The van der Waals surface area contributed by atoms with E-state index in [1.165, 1.54) is 41.2 Å². The van der Waals surface area contributed by atoms with E-state index in [0.29, 0.717) is 0 Å². The molecule has 0 aromatic heterocycles. The molecule has 6 aromatic carbocycles. The third-order valence-corrected chi connectivity index (χ3v) is 39.5. The van der Waals surface area contributed by atoms with Gasteiger partial charge in [-0.05, 0) is 0 Å². The van der Waals surface area contributed by atoms with Gasteiger partial charge in [-0.15, -0.1) is 0 Å². The predicted molar refractivity (Wildman–Crippen MR) is 226 cm³/mol. The van der Waals surface area contributed by atoms with Crippen molar-refractivity contribution in [2.75, 3.05) is 8.86 Å². The van der Waals surface area contributed by atoms with Crippen LogP contribution < -0.4 is 21.2 Å². The van der Waals surface area contributed by atoms with E-state index in [1.807, 2.05) is 0 Å². The number of hydrogen-bond acceptors (Lipinski definition) is 0. The van der Waals surface area contributed by atoms with Crippen molar-refractivity contribution < 1.29 is 0 Å². The SMILES string of the molecule is C=Cc1ccccc1I(CCI(c1ccccc1C=C)P(c1ccccc1)c1ccccc1)P(c1ccccc1)c1ccccc1. The van der Waals surface area contributed by atoms with Crippen LogP contribution in [0, 0.1) is 7.14 Å². The Morgan fingerprint density at radius 2 is 0.630 bits per heavy atom. The molecule has 4 heteroatoms. The summed E-state index contributed by atoms with van der Waals surface area (Å²) in [6.07, 6.45) is 4.18. The Hall–Kier alpha value is -2.88. The first-order valence-corrected chi connectivity index (χ1v) is 28.8. The number of benzene rings is 6. The van der Waals surface area contributed by atoms with E-state index in [1.54, 1.807) is 7.14 Å². The Labute approximate surface area is 290 Å². The first kappa shape index (κ1) is 33.0. The molecule has 0 N–H and O–H groups in total. The van der Waals surface area contributed by atoms with Crippen LogP contribution in [0.15, 0.2) is 183 Å². The molecule has 0 aliphatic rings. The first-order valence-electron chi connectivity index (χ1n) is 15.3. The Balaban J connectivity index is 1.52. The summed E-state index contributed by atoms with van der Waals surface area (Å²) in [7, 11) is 0. The monoisotopic (exact) mass is 858 g/mol. The molecule has 0 radical (unpaired) electrons. The second kappa shape index (κ2) is 16.8. The molecule has 0 aliphatic carbocycles. The molecule has 0 heterocycles. The van der Waals surface area contributed by atoms with Gasteiger partial charge >= 0.3 is 293 Å². The molecule has 0 amide bonds. The fourth-order valence-corrected chi connectivity index (χ4v) is 45.7. The van der Waals surface area contributed by atoms with Crippen LogP contribution in [-0.2, 0) is 0 Å². The van der Waals surface area contributed by atoms with E-state index in [4.69, 9.17) is 0 Å². The van der Waals surface area contributed by atoms with Gasteiger partial charge in [0.2, 0.25) is 0 Å². The number of hydrogen-bond donors (Lipinski definition) is 0. The predicted octanol–water partition coefficient (Wildman–Crippen LogP) is 11.1. The van der Waals surface area contributed by atoms with Crippen LogP contribution in [0.25, 0.3) is 12.2 Å². The van der Waals surface area contributed by atoms with E-state index in [9.17, 15) is 0 Å². The molecule has 0 unspecified atom stereocenters. The maximum atomic E-state index is 4.29. The summed E-state index contributed by atoms with van der Waals surface area (Å²) in [5, 5.41) is 5.97. The molecule has 0 nitrogen and oxygen atoms in total. The second-order valence-corrected chi connectivity index (χ2v) is 33.2. The molecule has 0 aliphatic heterocycles. The minimum absolute atomic E-state index is 0.530. The second-order valence-electron chi connectivity index (χ2n) is 10.4. The summed E-state index contributed by atoms with van der Waals surface area (Å²) in [5.41, 5.74) is 1.56. The van der Waals surface area contributed by atoms with Crippen molar-refractivity contribution in [3.63, 3.8) is 0 Å². The van der Waals surface area contributed by atoms with Gasteiger partial charge in [-0.2, -0.15) is 0 Å². The summed E-state index contributed by atoms with van der Waals surface area (Å²) in [5.74, 6) is 0. The average molecular weight is 859 g/mol. The molecular formula is C42H38I2P2. The van der Waals surface area contributed by atoms with Gasteiger partial charge < -0.3 is 0 Å². The van der Waals surface area contributed by atoms with Crippen molar-refractivity contribution in [1.29, 1.82) is 0 Å². The van der Waals surface area contributed by atoms with Crippen molar-refractivity contribution in [3.05, 3.63) is 201 Å². The molecule has 0 saturated carbocycles. The van der Waals surface area contributed by atoms with E-state index in [2.05, 4.69) is 195 Å². The summed E-state index contributed by atoms with van der Waals surface area (Å²) < 4.78 is 5.66. The topological polar surface area (TPSA) is 0 Å². The van der Waals surface area contributed by atoms with Crippen molar-refractivity contribution in [3.8, 4) is 0 Å². The van der Waals surface area contributed by atoms with Crippen LogP contribution in [0.3, 0.4) is 0 Å². The number of rotatable bonds is 13. The van der Waals surface area contributed by atoms with Crippen LogP contribution >= 0.6 is 49.7 Å². The molecule has 0 saturated heterocycles. The summed E-state index contributed by atoms with van der Waals surface area (Å²) in [6.45, 7) is 8.57. The molecule has 6 rings (SSSR count). The normalized spacial score (nSPS) is 11.7. The average Bonchev–Trinajstić information content (AvgIpc) is 3.14. The van der Waals surface area contributed by atoms with Gasteiger partial charge in [-0.25, -0.2) is 0 Å². The van der Waals surface area contributed by atoms with Gasteiger partial charge in [0, 0.05) is 0 Å². The molecule has 46 heavy (non-hydrogen) atoms. The van der Waals surface area contributed by atoms with E-state index in [0.717, 1.165) is 0 Å². The Morgan fingerprint density at radius 3 is 0.913 bits per heavy atom. The van der Waals surface area contributed by atoms with Crippen molar-refractivity contribution in [2.45, 2.75) is 0 Å². The van der Waals surface area contributed by atoms with Gasteiger partial charge in [0.1, 0.15) is 0 Å². The van der Waals surface area contributed by atoms with E-state index < -0.39 is 49.7 Å². The number of halogens is 2. The molecular weight excluding hydrogens is 820 g/mol. The van der Waals surface area contributed by atoms with Gasteiger partial charge in [-0.1, -0.05) is 0 Å². The Kier molecular flexibility index (Phi) is 12.1. The molecule has 230 valence electrons. The molecule has 0 spiro atoms. The van der Waals surface area contributed by atoms with Gasteiger partial charge in [0.25, 0.3) is 0 Å². The Bertz CT molecular complexity index is 1630. The Morgan fingerprint density at radius 1 is 0.370 bits per heavy atom. The zero-order valence-electron chi connectivity index (χ0n) is 25.8. The summed E-state index contributed by atoms with van der Waals surface area (Å²) in [4.78, 5) is 0. The zero-order chi connectivity index (χ0) is 31.6. The van der Waals surface area contributed by atoms with Crippen molar-refractivity contribution >= 4 is 83.0 Å². The minimum atomic E-state index is -1.89. The van der Waals surface area contributed by atoms with Crippen LogP contribution in [0.5, 0.6) is 0 Å². The van der Waals surface area contributed by atoms with E-state index >= 15 is 0 Å². The zero-order valence-corrected chi connectivity index (χ0v) is 31.9. The maximum absolute atomic E-state index is 4.29. The number of alkyl halides is 2. The fourth-order valence-electron chi connectivity index (χ4n) is 5.37. The van der Waals surface area contributed by atoms with Crippen molar-refractivity contribution in [2.24, 2.45) is 0 Å². The summed E-state index contributed by atoms with van der Waals surface area (Å²) >= 11 is -3.77. The third-order valence-electron chi connectivity index (χ3n) is 7.49. The van der Waals surface area contributed by atoms with E-state index in [-0.39, 0.29) is 0 Å². The van der Waals surface area contributed by atoms with Crippen LogP contribution in [-0.4, -0.2) is 8.86 Å². The molecule has 0 bridgehead atoms. The van der Waals surface area contributed by atoms with Gasteiger partial charge in [-0.3, -0.25) is 0 Å². The van der Waals surface area contributed by atoms with Crippen LogP contribution in [0.2, 0.25) is 0 Å². The molecule has 0 fully saturated rings. The standard InChI is InChI=1S/C42H38I2P2/c1-3-35-21-17-19-31-41(35)43(45(37-23-9-5-10-24-37)38-25-11-6-12-26-38)33-34-44(42-32-20-18-22-36(42)4-2)46(39-27-13-7-14-28-39)40-29-15-8-16-30-40/h3-32H,1-2,33-34H2.